The lowest BCUT2D eigenvalue weighted by atomic mass is 10.1. The third-order valence-electron chi connectivity index (χ3n) is 4.22. The second-order valence-corrected chi connectivity index (χ2v) is 8.30. The molecule has 0 saturated carbocycles. The summed E-state index contributed by atoms with van der Waals surface area (Å²) in [6.45, 7) is 2.87. The standard InChI is InChI=1S/C20H26N2O3S/c1-17-9-6-7-13-19(17)20(23)21-14-16-22(26(2,24)25)15-8-12-18-10-4-3-5-11-18/h3-7,9-11,13H,8,12,14-16H2,1-2H3,(H,21,23). The maximum absolute atomic E-state index is 12.2. The molecule has 0 fully saturated rings. The third-order valence-corrected chi connectivity index (χ3v) is 5.52. The number of hydrogen-bond acceptors (Lipinski definition) is 3. The summed E-state index contributed by atoms with van der Waals surface area (Å²) >= 11 is 0. The van der Waals surface area contributed by atoms with Gasteiger partial charge >= 0.3 is 0 Å². The van der Waals surface area contributed by atoms with Crippen LogP contribution in [0.25, 0.3) is 0 Å². The van der Waals surface area contributed by atoms with E-state index in [0.717, 1.165) is 18.4 Å². The molecule has 1 amide bonds. The summed E-state index contributed by atoms with van der Waals surface area (Å²) in [6.07, 6.45) is 2.77. The second-order valence-electron chi connectivity index (χ2n) is 6.32. The smallest absolute Gasteiger partial charge is 0.251 e. The van der Waals surface area contributed by atoms with Gasteiger partial charge in [0.1, 0.15) is 0 Å². The van der Waals surface area contributed by atoms with Crippen LogP contribution in [-0.2, 0) is 16.4 Å². The molecule has 0 unspecified atom stereocenters. The predicted molar refractivity (Wildman–Crippen MR) is 105 cm³/mol. The number of aryl methyl sites for hydroxylation is 2. The molecule has 0 radical (unpaired) electrons. The molecule has 26 heavy (non-hydrogen) atoms. The number of sulfonamides is 1. The van der Waals surface area contributed by atoms with Crippen molar-refractivity contribution in [3.8, 4) is 0 Å². The Morgan fingerprint density at radius 3 is 2.31 bits per heavy atom. The van der Waals surface area contributed by atoms with Gasteiger partial charge in [0.2, 0.25) is 10.0 Å². The molecular formula is C20H26N2O3S. The number of rotatable bonds is 9. The van der Waals surface area contributed by atoms with Crippen molar-refractivity contribution >= 4 is 15.9 Å². The maximum atomic E-state index is 12.2. The van der Waals surface area contributed by atoms with Crippen LogP contribution in [0.4, 0.5) is 0 Å². The monoisotopic (exact) mass is 374 g/mol. The first-order valence-electron chi connectivity index (χ1n) is 8.71. The van der Waals surface area contributed by atoms with E-state index in [1.165, 1.54) is 16.1 Å². The molecule has 2 aromatic carbocycles. The van der Waals surface area contributed by atoms with E-state index in [2.05, 4.69) is 5.32 Å². The van der Waals surface area contributed by atoms with Crippen molar-refractivity contribution in [2.24, 2.45) is 0 Å². The molecule has 2 rings (SSSR count). The van der Waals surface area contributed by atoms with Crippen molar-refractivity contribution in [2.45, 2.75) is 19.8 Å². The van der Waals surface area contributed by atoms with Gasteiger partial charge in [0.05, 0.1) is 6.26 Å². The Hall–Kier alpha value is -2.18. The SMILES string of the molecule is Cc1ccccc1C(=O)NCCN(CCCc1ccccc1)S(C)(=O)=O. The number of hydrogen-bond donors (Lipinski definition) is 1. The molecule has 5 nitrogen and oxygen atoms in total. The molecule has 0 bridgehead atoms. The van der Waals surface area contributed by atoms with E-state index in [-0.39, 0.29) is 19.0 Å². The molecule has 140 valence electrons. The van der Waals surface area contributed by atoms with Crippen LogP contribution in [0.3, 0.4) is 0 Å². The number of benzene rings is 2. The molecule has 0 aliphatic heterocycles. The summed E-state index contributed by atoms with van der Waals surface area (Å²) in [5.41, 5.74) is 2.70. The fourth-order valence-electron chi connectivity index (χ4n) is 2.76. The molecule has 0 aliphatic carbocycles. The number of amides is 1. The average Bonchev–Trinajstić information content (AvgIpc) is 2.60. The van der Waals surface area contributed by atoms with Crippen molar-refractivity contribution in [1.29, 1.82) is 0 Å². The highest BCUT2D eigenvalue weighted by atomic mass is 32.2. The minimum Gasteiger partial charge on any atom is -0.351 e. The zero-order valence-electron chi connectivity index (χ0n) is 15.3. The Balaban J connectivity index is 1.84. The predicted octanol–water partition coefficient (Wildman–Crippen LogP) is 2.62. The lowest BCUT2D eigenvalue weighted by molar-refractivity contribution is 0.0951. The summed E-state index contributed by atoms with van der Waals surface area (Å²) in [5.74, 6) is -0.180. The Kier molecular flexibility index (Phi) is 7.36. The first-order valence-corrected chi connectivity index (χ1v) is 10.6. The zero-order chi connectivity index (χ0) is 19.0. The van der Waals surface area contributed by atoms with Crippen LogP contribution < -0.4 is 5.32 Å². The minimum absolute atomic E-state index is 0.180. The Labute approximate surface area is 156 Å². The van der Waals surface area contributed by atoms with E-state index >= 15 is 0 Å². The third kappa shape index (κ3) is 6.28. The zero-order valence-corrected chi connectivity index (χ0v) is 16.1. The van der Waals surface area contributed by atoms with Gasteiger partial charge in [-0.3, -0.25) is 4.79 Å². The van der Waals surface area contributed by atoms with Crippen molar-refractivity contribution < 1.29 is 13.2 Å². The van der Waals surface area contributed by atoms with E-state index < -0.39 is 10.0 Å². The topological polar surface area (TPSA) is 66.5 Å². The molecule has 6 heteroatoms. The summed E-state index contributed by atoms with van der Waals surface area (Å²) in [7, 11) is -3.31. The van der Waals surface area contributed by atoms with Gasteiger partial charge in [0, 0.05) is 25.2 Å². The van der Waals surface area contributed by atoms with Crippen LogP contribution >= 0.6 is 0 Å². The lowest BCUT2D eigenvalue weighted by Crippen LogP contribution is -2.38. The van der Waals surface area contributed by atoms with Crippen LogP contribution in [0.1, 0.15) is 27.9 Å². The summed E-state index contributed by atoms with van der Waals surface area (Å²) in [4.78, 5) is 12.2. The van der Waals surface area contributed by atoms with Gasteiger partial charge in [-0.15, -0.1) is 0 Å². The van der Waals surface area contributed by atoms with Crippen molar-refractivity contribution in [3.05, 3.63) is 71.3 Å². The van der Waals surface area contributed by atoms with E-state index in [0.29, 0.717) is 12.1 Å². The molecule has 2 aromatic rings. The number of carbonyl (C=O) groups excluding carboxylic acids is 1. The van der Waals surface area contributed by atoms with Crippen LogP contribution in [0.2, 0.25) is 0 Å². The summed E-state index contributed by atoms with van der Waals surface area (Å²) in [6, 6.07) is 17.3. The highest BCUT2D eigenvalue weighted by Crippen LogP contribution is 2.07. The molecule has 0 aliphatic rings. The lowest BCUT2D eigenvalue weighted by Gasteiger charge is -2.20. The van der Waals surface area contributed by atoms with E-state index in [4.69, 9.17) is 0 Å². The fraction of sp³-hybridized carbons (Fsp3) is 0.350. The van der Waals surface area contributed by atoms with Gasteiger partial charge in [-0.1, -0.05) is 48.5 Å². The first-order chi connectivity index (χ1) is 12.4. The molecule has 0 heterocycles. The average molecular weight is 375 g/mol. The molecule has 1 N–H and O–H groups in total. The van der Waals surface area contributed by atoms with Gasteiger partial charge in [0.15, 0.2) is 0 Å². The summed E-state index contributed by atoms with van der Waals surface area (Å²) in [5, 5.41) is 2.81. The quantitative estimate of drug-likeness (QED) is 0.734. The highest BCUT2D eigenvalue weighted by Gasteiger charge is 2.16. The highest BCUT2D eigenvalue weighted by molar-refractivity contribution is 7.88. The molecular weight excluding hydrogens is 348 g/mol. The van der Waals surface area contributed by atoms with Gasteiger partial charge in [-0.2, -0.15) is 0 Å². The van der Waals surface area contributed by atoms with Crippen LogP contribution in [0.5, 0.6) is 0 Å². The number of carbonyl (C=O) groups is 1. The van der Waals surface area contributed by atoms with Crippen LogP contribution in [0.15, 0.2) is 54.6 Å². The van der Waals surface area contributed by atoms with Crippen molar-refractivity contribution in [2.75, 3.05) is 25.9 Å². The van der Waals surface area contributed by atoms with E-state index in [1.807, 2.05) is 55.5 Å². The number of nitrogens with one attached hydrogen (secondary N) is 1. The van der Waals surface area contributed by atoms with Crippen molar-refractivity contribution in [3.63, 3.8) is 0 Å². The van der Waals surface area contributed by atoms with E-state index in [1.54, 1.807) is 6.07 Å². The first kappa shape index (κ1) is 20.1. The summed E-state index contributed by atoms with van der Waals surface area (Å²) < 4.78 is 25.4. The van der Waals surface area contributed by atoms with Crippen molar-refractivity contribution in [1.82, 2.24) is 9.62 Å². The van der Waals surface area contributed by atoms with Gasteiger partial charge in [-0.25, -0.2) is 12.7 Å². The Morgan fingerprint density at radius 1 is 1.00 bits per heavy atom. The van der Waals surface area contributed by atoms with Gasteiger partial charge in [0.25, 0.3) is 5.91 Å². The largest absolute Gasteiger partial charge is 0.351 e. The molecule has 0 aromatic heterocycles. The Morgan fingerprint density at radius 2 is 1.65 bits per heavy atom. The van der Waals surface area contributed by atoms with E-state index in [9.17, 15) is 13.2 Å². The number of nitrogens with zero attached hydrogens (tertiary/aromatic N) is 1. The molecule has 0 spiro atoms. The van der Waals surface area contributed by atoms with Crippen LogP contribution in [0, 0.1) is 6.92 Å². The fourth-order valence-corrected chi connectivity index (χ4v) is 3.65. The molecule has 0 saturated heterocycles. The maximum Gasteiger partial charge on any atom is 0.251 e. The van der Waals surface area contributed by atoms with Crippen LogP contribution in [-0.4, -0.2) is 44.5 Å². The molecule has 0 atom stereocenters. The second kappa shape index (κ2) is 9.50. The Bertz CT molecular complexity index is 820. The minimum atomic E-state index is -3.31. The normalized spacial score (nSPS) is 11.5. The van der Waals surface area contributed by atoms with Gasteiger partial charge < -0.3 is 5.32 Å². The van der Waals surface area contributed by atoms with Gasteiger partial charge in [-0.05, 0) is 37.0 Å².